The summed E-state index contributed by atoms with van der Waals surface area (Å²) < 4.78 is 0. The number of halogens is 2. The molecular formula is C21H14Cl2N4OS. The fourth-order valence-corrected chi connectivity index (χ4v) is 3.42. The monoisotopic (exact) mass is 440 g/mol. The van der Waals surface area contributed by atoms with E-state index < -0.39 is 5.91 Å². The molecule has 4 rings (SSSR count). The van der Waals surface area contributed by atoms with E-state index in [-0.39, 0.29) is 10.7 Å². The topological polar surface area (TPSA) is 69.8 Å². The Hall–Kier alpha value is -2.93. The molecule has 0 spiro atoms. The number of imidazole rings is 1. The number of carbonyl (C=O) groups is 1. The van der Waals surface area contributed by atoms with E-state index in [0.717, 1.165) is 22.4 Å². The van der Waals surface area contributed by atoms with Crippen LogP contribution in [0.1, 0.15) is 10.4 Å². The minimum absolute atomic E-state index is 0.146. The molecule has 0 aliphatic carbocycles. The highest BCUT2D eigenvalue weighted by Crippen LogP contribution is 2.23. The van der Waals surface area contributed by atoms with Crippen LogP contribution in [0, 0.1) is 0 Å². The summed E-state index contributed by atoms with van der Waals surface area (Å²) >= 11 is 17.3. The van der Waals surface area contributed by atoms with Crippen LogP contribution in [0.4, 0.5) is 5.69 Å². The van der Waals surface area contributed by atoms with Crippen LogP contribution in [-0.4, -0.2) is 21.0 Å². The van der Waals surface area contributed by atoms with Crippen molar-refractivity contribution in [3.63, 3.8) is 0 Å². The zero-order chi connectivity index (χ0) is 20.4. The molecule has 3 N–H and O–H groups in total. The quantitative estimate of drug-likeness (QED) is 0.359. The van der Waals surface area contributed by atoms with E-state index in [0.29, 0.717) is 15.7 Å². The van der Waals surface area contributed by atoms with Gasteiger partial charge in [-0.1, -0.05) is 47.5 Å². The molecule has 0 bridgehead atoms. The van der Waals surface area contributed by atoms with Gasteiger partial charge in [0.05, 0.1) is 21.6 Å². The Balaban J connectivity index is 1.49. The third-order valence-electron chi connectivity index (χ3n) is 4.18. The number of fused-ring (bicyclic) bond motifs is 1. The molecule has 0 aliphatic rings. The highest BCUT2D eigenvalue weighted by Gasteiger charge is 2.13. The van der Waals surface area contributed by atoms with Crippen molar-refractivity contribution in [1.82, 2.24) is 15.3 Å². The molecule has 1 aromatic heterocycles. The van der Waals surface area contributed by atoms with Gasteiger partial charge < -0.3 is 10.3 Å². The average molecular weight is 441 g/mol. The first-order chi connectivity index (χ1) is 14.0. The highest BCUT2D eigenvalue weighted by atomic mass is 35.5. The van der Waals surface area contributed by atoms with Gasteiger partial charge in [0, 0.05) is 16.3 Å². The van der Waals surface area contributed by atoms with E-state index in [1.807, 2.05) is 48.5 Å². The second-order valence-corrected chi connectivity index (χ2v) is 7.47. The van der Waals surface area contributed by atoms with Crippen LogP contribution in [0.3, 0.4) is 0 Å². The number of thiocarbonyl (C=S) groups is 1. The fraction of sp³-hybridized carbons (Fsp3) is 0. The molecule has 0 fully saturated rings. The summed E-state index contributed by atoms with van der Waals surface area (Å²) in [6.07, 6.45) is 0. The number of amides is 1. The maximum Gasteiger partial charge on any atom is 0.258 e. The van der Waals surface area contributed by atoms with Crippen molar-refractivity contribution < 1.29 is 4.79 Å². The van der Waals surface area contributed by atoms with Crippen molar-refractivity contribution in [1.29, 1.82) is 0 Å². The summed E-state index contributed by atoms with van der Waals surface area (Å²) in [4.78, 5) is 20.3. The number of nitrogens with one attached hydrogen (secondary N) is 3. The molecule has 0 aliphatic heterocycles. The number of aromatic nitrogens is 2. The molecule has 0 unspecified atom stereocenters. The van der Waals surface area contributed by atoms with Gasteiger partial charge in [0.15, 0.2) is 5.11 Å². The Morgan fingerprint density at radius 2 is 1.83 bits per heavy atom. The Bertz CT molecular complexity index is 1210. The predicted octanol–water partition coefficient (Wildman–Crippen LogP) is 5.66. The van der Waals surface area contributed by atoms with E-state index in [4.69, 9.17) is 35.4 Å². The molecule has 8 heteroatoms. The van der Waals surface area contributed by atoms with Crippen molar-refractivity contribution in [2.45, 2.75) is 0 Å². The summed E-state index contributed by atoms with van der Waals surface area (Å²) in [5, 5.41) is 6.46. The van der Waals surface area contributed by atoms with Crippen LogP contribution in [0.25, 0.3) is 22.4 Å². The number of rotatable bonds is 3. The number of carbonyl (C=O) groups excluding carboxylic acids is 1. The Morgan fingerprint density at radius 1 is 1.00 bits per heavy atom. The second-order valence-electron chi connectivity index (χ2n) is 6.22. The summed E-state index contributed by atoms with van der Waals surface area (Å²) in [6, 6.07) is 20.0. The van der Waals surface area contributed by atoms with Gasteiger partial charge in [-0.25, -0.2) is 4.98 Å². The molecule has 1 heterocycles. The normalized spacial score (nSPS) is 10.7. The first-order valence-corrected chi connectivity index (χ1v) is 9.78. The number of aromatic amines is 1. The van der Waals surface area contributed by atoms with Gasteiger partial charge in [0.1, 0.15) is 5.82 Å². The molecule has 0 saturated heterocycles. The number of nitrogens with zero attached hydrogens (tertiary/aromatic N) is 1. The van der Waals surface area contributed by atoms with E-state index in [2.05, 4.69) is 20.6 Å². The Labute approximate surface area is 182 Å². The smallest absolute Gasteiger partial charge is 0.258 e. The molecule has 3 aromatic carbocycles. The highest BCUT2D eigenvalue weighted by molar-refractivity contribution is 7.80. The van der Waals surface area contributed by atoms with Crippen molar-refractivity contribution in [3.05, 3.63) is 82.3 Å². The maximum atomic E-state index is 12.4. The molecule has 0 atom stereocenters. The van der Waals surface area contributed by atoms with Crippen molar-refractivity contribution in [2.75, 3.05) is 5.32 Å². The molecule has 144 valence electrons. The Kier molecular flexibility index (Phi) is 5.49. The lowest BCUT2D eigenvalue weighted by molar-refractivity contribution is 0.0978. The fourth-order valence-electron chi connectivity index (χ4n) is 2.84. The van der Waals surface area contributed by atoms with E-state index >= 15 is 0 Å². The zero-order valence-corrected chi connectivity index (χ0v) is 17.2. The second kappa shape index (κ2) is 8.21. The number of H-pyrrole nitrogens is 1. The van der Waals surface area contributed by atoms with Crippen LogP contribution >= 0.6 is 35.4 Å². The summed E-state index contributed by atoms with van der Waals surface area (Å²) in [7, 11) is 0. The van der Waals surface area contributed by atoms with Gasteiger partial charge in [-0.15, -0.1) is 0 Å². The standard InChI is InChI=1S/C21H14Cl2N4OS/c22-13-8-9-16(23)15(11-13)20(28)27-21(29)24-14-5-3-4-12(10-14)19-25-17-6-1-2-7-18(17)26-19/h1-11H,(H,25,26)(H2,24,27,28,29). The largest absolute Gasteiger partial charge is 0.338 e. The van der Waals surface area contributed by atoms with Gasteiger partial charge in [0.2, 0.25) is 0 Å². The van der Waals surface area contributed by atoms with Crippen LogP contribution in [0.2, 0.25) is 10.0 Å². The number of hydrogen-bond acceptors (Lipinski definition) is 3. The molecule has 29 heavy (non-hydrogen) atoms. The van der Waals surface area contributed by atoms with Crippen molar-refractivity contribution in [2.24, 2.45) is 0 Å². The number of hydrogen-bond donors (Lipinski definition) is 3. The van der Waals surface area contributed by atoms with Crippen LogP contribution in [0.5, 0.6) is 0 Å². The van der Waals surface area contributed by atoms with Crippen LogP contribution < -0.4 is 10.6 Å². The number of benzene rings is 3. The molecule has 4 aromatic rings. The maximum absolute atomic E-state index is 12.4. The predicted molar refractivity (Wildman–Crippen MR) is 122 cm³/mol. The van der Waals surface area contributed by atoms with Crippen LogP contribution in [0.15, 0.2) is 66.7 Å². The minimum atomic E-state index is -0.441. The zero-order valence-electron chi connectivity index (χ0n) is 14.9. The SMILES string of the molecule is O=C(NC(=S)Nc1cccc(-c2nc3ccccc3[nH]2)c1)c1cc(Cl)ccc1Cl. The summed E-state index contributed by atoms with van der Waals surface area (Å²) in [5.74, 6) is 0.305. The first kappa shape index (κ1) is 19.4. The minimum Gasteiger partial charge on any atom is -0.338 e. The van der Waals surface area contributed by atoms with E-state index in [1.54, 1.807) is 12.1 Å². The molecule has 0 radical (unpaired) electrons. The summed E-state index contributed by atoms with van der Waals surface area (Å²) in [5.41, 5.74) is 3.70. The number of para-hydroxylation sites is 2. The first-order valence-electron chi connectivity index (χ1n) is 8.62. The van der Waals surface area contributed by atoms with Gasteiger partial charge in [-0.3, -0.25) is 10.1 Å². The van der Waals surface area contributed by atoms with Gasteiger partial charge >= 0.3 is 0 Å². The third kappa shape index (κ3) is 4.40. The average Bonchev–Trinajstić information content (AvgIpc) is 3.14. The van der Waals surface area contributed by atoms with Gasteiger partial charge in [0.25, 0.3) is 5.91 Å². The lowest BCUT2D eigenvalue weighted by Crippen LogP contribution is -2.34. The van der Waals surface area contributed by atoms with Crippen LogP contribution in [-0.2, 0) is 0 Å². The summed E-state index contributed by atoms with van der Waals surface area (Å²) in [6.45, 7) is 0. The molecular weight excluding hydrogens is 427 g/mol. The third-order valence-corrected chi connectivity index (χ3v) is 4.95. The van der Waals surface area contributed by atoms with Gasteiger partial charge in [-0.2, -0.15) is 0 Å². The van der Waals surface area contributed by atoms with E-state index in [1.165, 1.54) is 6.07 Å². The Morgan fingerprint density at radius 3 is 2.66 bits per heavy atom. The van der Waals surface area contributed by atoms with Crippen molar-refractivity contribution >= 4 is 63.2 Å². The lowest BCUT2D eigenvalue weighted by Gasteiger charge is -2.11. The van der Waals surface area contributed by atoms with E-state index in [9.17, 15) is 4.79 Å². The number of anilines is 1. The molecule has 1 amide bonds. The molecule has 0 saturated carbocycles. The van der Waals surface area contributed by atoms with Gasteiger partial charge in [-0.05, 0) is 54.7 Å². The van der Waals surface area contributed by atoms with Crippen molar-refractivity contribution in [3.8, 4) is 11.4 Å². The lowest BCUT2D eigenvalue weighted by atomic mass is 10.2. The molecule has 5 nitrogen and oxygen atoms in total.